The Labute approximate surface area is 154 Å². The molecule has 1 aromatic rings. The minimum atomic E-state index is -0.752. The highest BCUT2D eigenvalue weighted by Gasteiger charge is 2.56. The van der Waals surface area contributed by atoms with Crippen molar-refractivity contribution >= 4 is 23.4 Å². The fraction of sp³-hybridized carbons (Fsp3) is 0.500. The molecule has 1 saturated carbocycles. The van der Waals surface area contributed by atoms with E-state index >= 15 is 0 Å². The van der Waals surface area contributed by atoms with Gasteiger partial charge in [-0.3, -0.25) is 9.69 Å². The van der Waals surface area contributed by atoms with E-state index in [0.717, 1.165) is 17.0 Å². The Hall–Kier alpha value is -2.89. The first kappa shape index (κ1) is 17.5. The minimum Gasteiger partial charge on any atom is -0.442 e. The molecule has 0 bridgehead atoms. The third-order valence-electron chi connectivity index (χ3n) is 5.43. The van der Waals surface area contributed by atoms with Crippen LogP contribution in [0.5, 0.6) is 0 Å². The monoisotopic (exact) mass is 376 g/mol. The Bertz CT molecular complexity index is 820. The highest BCUT2D eigenvalue weighted by atomic mass is 19.1. The van der Waals surface area contributed by atoms with Crippen LogP contribution in [0.15, 0.2) is 12.1 Å². The highest BCUT2D eigenvalue weighted by Crippen LogP contribution is 2.52. The molecule has 1 unspecified atom stereocenters. The number of piperidine rings is 1. The maximum atomic E-state index is 14.6. The number of nitrogens with one attached hydrogen (secondary N) is 1. The normalized spacial score (nSPS) is 28.6. The smallest absolute Gasteiger partial charge is 0.414 e. The van der Waals surface area contributed by atoms with Gasteiger partial charge in [0.25, 0.3) is 0 Å². The minimum absolute atomic E-state index is 0.00781. The molecule has 4 rings (SSSR count). The van der Waals surface area contributed by atoms with Gasteiger partial charge in [0.15, 0.2) is 11.6 Å². The molecular formula is C18H18F2N4O3. The van der Waals surface area contributed by atoms with E-state index in [0.29, 0.717) is 13.1 Å². The second kappa shape index (κ2) is 6.37. The molecule has 2 heterocycles. The van der Waals surface area contributed by atoms with E-state index in [-0.39, 0.29) is 48.1 Å². The van der Waals surface area contributed by atoms with Gasteiger partial charge in [0.2, 0.25) is 5.91 Å². The summed E-state index contributed by atoms with van der Waals surface area (Å²) in [5.74, 6) is -1.41. The van der Waals surface area contributed by atoms with Crippen LogP contribution in [0.25, 0.3) is 0 Å². The topological polar surface area (TPSA) is 85.7 Å². The van der Waals surface area contributed by atoms with E-state index in [4.69, 9.17) is 10.00 Å². The first-order chi connectivity index (χ1) is 12.9. The number of hydrogen-bond donors (Lipinski definition) is 1. The molecule has 1 aliphatic carbocycles. The summed E-state index contributed by atoms with van der Waals surface area (Å²) in [5.41, 5.74) is -0.0478. The Morgan fingerprint density at radius 1 is 1.30 bits per heavy atom. The number of amides is 2. The molecule has 3 aliphatic rings. The molecule has 2 saturated heterocycles. The number of hydrogen-bond acceptors (Lipinski definition) is 5. The molecule has 0 radical (unpaired) electrons. The largest absolute Gasteiger partial charge is 0.442 e. The zero-order valence-electron chi connectivity index (χ0n) is 14.6. The van der Waals surface area contributed by atoms with Crippen LogP contribution in [0.4, 0.5) is 25.0 Å². The van der Waals surface area contributed by atoms with E-state index in [1.807, 2.05) is 0 Å². The second-order valence-electron chi connectivity index (χ2n) is 7.20. The Morgan fingerprint density at radius 3 is 2.48 bits per heavy atom. The molecule has 2 amide bonds. The van der Waals surface area contributed by atoms with Crippen molar-refractivity contribution in [2.24, 2.45) is 17.8 Å². The van der Waals surface area contributed by atoms with Crippen LogP contribution >= 0.6 is 0 Å². The number of benzene rings is 1. The fourth-order valence-electron chi connectivity index (χ4n) is 4.01. The number of rotatable bonds is 4. The van der Waals surface area contributed by atoms with Gasteiger partial charge < -0.3 is 15.0 Å². The van der Waals surface area contributed by atoms with Gasteiger partial charge in [-0.1, -0.05) is 0 Å². The number of cyclic esters (lactones) is 1. The average molecular weight is 376 g/mol. The number of anilines is 2. The number of nitrogens with zero attached hydrogens (tertiary/aromatic N) is 3. The van der Waals surface area contributed by atoms with Crippen molar-refractivity contribution in [1.29, 1.82) is 5.26 Å². The molecule has 1 aromatic carbocycles. The summed E-state index contributed by atoms with van der Waals surface area (Å²) in [6, 6.07) is 4.45. The molecule has 27 heavy (non-hydrogen) atoms. The van der Waals surface area contributed by atoms with E-state index in [1.165, 1.54) is 6.92 Å². The zero-order chi connectivity index (χ0) is 19.3. The van der Waals surface area contributed by atoms with Gasteiger partial charge in [0.1, 0.15) is 11.8 Å². The van der Waals surface area contributed by atoms with E-state index in [2.05, 4.69) is 11.4 Å². The van der Waals surface area contributed by atoms with Crippen molar-refractivity contribution in [3.63, 3.8) is 0 Å². The summed E-state index contributed by atoms with van der Waals surface area (Å²) in [6.45, 7) is 2.49. The van der Waals surface area contributed by atoms with E-state index < -0.39 is 23.8 Å². The van der Waals surface area contributed by atoms with Crippen LogP contribution in [0.3, 0.4) is 0 Å². The predicted molar refractivity (Wildman–Crippen MR) is 91.0 cm³/mol. The fourth-order valence-corrected chi connectivity index (χ4v) is 4.01. The molecule has 1 N–H and O–H groups in total. The molecule has 7 nitrogen and oxygen atoms in total. The lowest BCUT2D eigenvalue weighted by Gasteiger charge is -2.23. The number of halogens is 2. The van der Waals surface area contributed by atoms with Gasteiger partial charge in [-0.05, 0) is 11.8 Å². The Balaban J connectivity index is 1.48. The van der Waals surface area contributed by atoms with Crippen molar-refractivity contribution in [3.8, 4) is 6.07 Å². The lowest BCUT2D eigenvalue weighted by atomic mass is 10.2. The van der Waals surface area contributed by atoms with Gasteiger partial charge >= 0.3 is 6.09 Å². The van der Waals surface area contributed by atoms with Crippen molar-refractivity contribution in [2.75, 3.05) is 36.0 Å². The van der Waals surface area contributed by atoms with Crippen LogP contribution in [0, 0.1) is 40.7 Å². The molecule has 142 valence electrons. The van der Waals surface area contributed by atoms with Crippen LogP contribution in [0.1, 0.15) is 6.92 Å². The molecule has 0 spiro atoms. The number of nitriles is 1. The quantitative estimate of drug-likeness (QED) is 0.863. The molecule has 2 aliphatic heterocycles. The zero-order valence-corrected chi connectivity index (χ0v) is 14.6. The number of carbonyl (C=O) groups is 2. The molecule has 9 heteroatoms. The van der Waals surface area contributed by atoms with Gasteiger partial charge in [0.05, 0.1) is 30.8 Å². The second-order valence-corrected chi connectivity index (χ2v) is 7.20. The van der Waals surface area contributed by atoms with Crippen molar-refractivity contribution in [2.45, 2.75) is 13.0 Å². The summed E-state index contributed by atoms with van der Waals surface area (Å²) >= 11 is 0. The van der Waals surface area contributed by atoms with Crippen LogP contribution in [0.2, 0.25) is 0 Å². The SMILES string of the molecule is CC(=O)NC[C@H]1CN(c2cc(F)c(N3C[C@@H]4C(C#N)[C@@H]4C3)c(F)c2)C(=O)O1. The summed E-state index contributed by atoms with van der Waals surface area (Å²) < 4.78 is 34.4. The molecular weight excluding hydrogens is 358 g/mol. The summed E-state index contributed by atoms with van der Waals surface area (Å²) in [5, 5.41) is 11.5. The lowest BCUT2D eigenvalue weighted by Crippen LogP contribution is -2.33. The molecule has 0 aromatic heterocycles. The van der Waals surface area contributed by atoms with Gasteiger partial charge in [-0.2, -0.15) is 5.26 Å². The van der Waals surface area contributed by atoms with Gasteiger partial charge in [-0.15, -0.1) is 0 Å². The standard InChI is InChI=1S/C18H18F2N4O3/c1-9(25)22-5-11-6-24(18(26)27-11)10-2-15(19)17(16(20)3-10)23-7-13-12(4-21)14(13)8-23/h2-3,11-14H,5-8H2,1H3,(H,22,25)/t11-,12?,13-,14+/m0/s1. The molecule has 3 fully saturated rings. The third-order valence-corrected chi connectivity index (χ3v) is 5.43. The van der Waals surface area contributed by atoms with Crippen molar-refractivity contribution in [1.82, 2.24) is 5.32 Å². The highest BCUT2D eigenvalue weighted by molar-refractivity contribution is 5.90. The van der Waals surface area contributed by atoms with Crippen molar-refractivity contribution in [3.05, 3.63) is 23.8 Å². The van der Waals surface area contributed by atoms with Gasteiger partial charge in [-0.25, -0.2) is 13.6 Å². The Morgan fingerprint density at radius 2 is 1.93 bits per heavy atom. The number of fused-ring (bicyclic) bond motifs is 1. The first-order valence-corrected chi connectivity index (χ1v) is 8.75. The average Bonchev–Trinajstić information content (AvgIpc) is 2.92. The van der Waals surface area contributed by atoms with Crippen LogP contribution in [-0.2, 0) is 9.53 Å². The third kappa shape index (κ3) is 3.05. The van der Waals surface area contributed by atoms with Gasteiger partial charge in [0, 0.05) is 32.1 Å². The summed E-state index contributed by atoms with van der Waals surface area (Å²) in [6.07, 6.45) is -1.29. The lowest BCUT2D eigenvalue weighted by molar-refractivity contribution is -0.119. The maximum Gasteiger partial charge on any atom is 0.414 e. The Kier molecular flexibility index (Phi) is 4.13. The van der Waals surface area contributed by atoms with Crippen molar-refractivity contribution < 1.29 is 23.1 Å². The predicted octanol–water partition coefficient (Wildman–Crippen LogP) is 1.63. The number of ether oxygens (including phenoxy) is 1. The van der Waals surface area contributed by atoms with E-state index in [1.54, 1.807) is 4.90 Å². The van der Waals surface area contributed by atoms with Crippen LogP contribution < -0.4 is 15.1 Å². The van der Waals surface area contributed by atoms with Crippen LogP contribution in [-0.4, -0.2) is 44.3 Å². The molecule has 4 atom stereocenters. The van der Waals surface area contributed by atoms with E-state index in [9.17, 15) is 18.4 Å². The summed E-state index contributed by atoms with van der Waals surface area (Å²) in [4.78, 5) is 25.8. The first-order valence-electron chi connectivity index (χ1n) is 8.75. The number of carbonyl (C=O) groups excluding carboxylic acids is 2. The maximum absolute atomic E-state index is 14.6. The summed E-state index contributed by atoms with van der Waals surface area (Å²) in [7, 11) is 0.